The summed E-state index contributed by atoms with van der Waals surface area (Å²) in [6, 6.07) is 1.15. The second-order valence-corrected chi connectivity index (χ2v) is 7.45. The number of hydrogen-bond donors (Lipinski definition) is 1. The number of nitrogens with zero attached hydrogens (tertiary/aromatic N) is 3. The lowest BCUT2D eigenvalue weighted by molar-refractivity contribution is -0.149. The van der Waals surface area contributed by atoms with Crippen molar-refractivity contribution >= 4 is 29.3 Å². The van der Waals surface area contributed by atoms with Gasteiger partial charge in [-0.2, -0.15) is 0 Å². The van der Waals surface area contributed by atoms with E-state index in [9.17, 15) is 19.1 Å². The molecule has 1 aromatic heterocycles. The van der Waals surface area contributed by atoms with Gasteiger partial charge in [0.15, 0.2) is 11.6 Å². The van der Waals surface area contributed by atoms with Gasteiger partial charge in [0.2, 0.25) is 5.91 Å². The highest BCUT2D eigenvalue weighted by molar-refractivity contribution is 6.30. The molecule has 1 aliphatic carbocycles. The summed E-state index contributed by atoms with van der Waals surface area (Å²) in [6.45, 7) is 1.06. The lowest BCUT2D eigenvalue weighted by Crippen LogP contribution is -2.41. The number of aliphatic carboxylic acids is 1. The molecule has 1 N–H and O–H groups in total. The second kappa shape index (κ2) is 5.31. The highest BCUT2D eigenvalue weighted by Gasteiger charge is 2.62. The molecule has 3 aliphatic rings. The molecule has 1 amide bonds. The minimum absolute atomic E-state index is 0.0518. The molecular weight excluding hydrogens is 337 g/mol. The third kappa shape index (κ3) is 2.33. The van der Waals surface area contributed by atoms with Crippen LogP contribution in [0, 0.1) is 23.1 Å². The van der Waals surface area contributed by atoms with Crippen LogP contribution in [0.2, 0.25) is 5.02 Å². The van der Waals surface area contributed by atoms with Crippen molar-refractivity contribution in [2.45, 2.75) is 12.8 Å². The van der Waals surface area contributed by atoms with Crippen molar-refractivity contribution in [1.82, 2.24) is 9.88 Å². The molecule has 1 aromatic rings. The number of carbonyl (C=O) groups excluding carboxylic acids is 1. The molecule has 3 heterocycles. The largest absolute Gasteiger partial charge is 0.481 e. The molecule has 2 atom stereocenters. The second-order valence-electron chi connectivity index (χ2n) is 7.02. The third-order valence-electron chi connectivity index (χ3n) is 5.32. The smallest absolute Gasteiger partial charge is 0.314 e. The zero-order chi connectivity index (χ0) is 17.1. The monoisotopic (exact) mass is 353 g/mol. The van der Waals surface area contributed by atoms with Crippen LogP contribution in [0.1, 0.15) is 12.8 Å². The first kappa shape index (κ1) is 15.6. The van der Waals surface area contributed by atoms with Crippen LogP contribution in [-0.4, -0.2) is 53.0 Å². The molecule has 2 aliphatic heterocycles. The summed E-state index contributed by atoms with van der Waals surface area (Å²) in [5.41, 5.74) is -1.19. The van der Waals surface area contributed by atoms with Gasteiger partial charge in [0, 0.05) is 32.4 Å². The fourth-order valence-electron chi connectivity index (χ4n) is 3.88. The Hall–Kier alpha value is -1.89. The minimum Gasteiger partial charge on any atom is -0.481 e. The van der Waals surface area contributed by atoms with Crippen LogP contribution in [0.25, 0.3) is 0 Å². The van der Waals surface area contributed by atoms with Gasteiger partial charge in [-0.15, -0.1) is 0 Å². The van der Waals surface area contributed by atoms with Crippen LogP contribution in [-0.2, 0) is 9.59 Å². The molecular formula is C16H17ClFN3O3. The number of likely N-dealkylation sites (tertiary alicyclic amines) is 1. The van der Waals surface area contributed by atoms with E-state index in [1.807, 2.05) is 0 Å². The molecule has 2 saturated heterocycles. The van der Waals surface area contributed by atoms with Crippen LogP contribution < -0.4 is 4.90 Å². The van der Waals surface area contributed by atoms with E-state index in [-0.39, 0.29) is 36.4 Å². The van der Waals surface area contributed by atoms with Crippen molar-refractivity contribution in [2.75, 3.05) is 31.1 Å². The number of carboxylic acids is 1. The van der Waals surface area contributed by atoms with Crippen LogP contribution in [0.4, 0.5) is 10.2 Å². The number of halogens is 2. The van der Waals surface area contributed by atoms with E-state index < -0.39 is 23.1 Å². The average Bonchev–Trinajstić information content (AvgIpc) is 3.18. The van der Waals surface area contributed by atoms with Crippen molar-refractivity contribution < 1.29 is 19.1 Å². The lowest BCUT2D eigenvalue weighted by Gasteiger charge is -2.26. The number of anilines is 1. The Bertz CT molecular complexity index is 727. The zero-order valence-electron chi connectivity index (χ0n) is 12.9. The fourth-order valence-corrected chi connectivity index (χ4v) is 4.02. The first-order valence-corrected chi connectivity index (χ1v) is 8.37. The normalized spacial score (nSPS) is 29.2. The molecule has 3 fully saturated rings. The molecule has 0 aromatic carbocycles. The predicted octanol–water partition coefficient (Wildman–Crippen LogP) is 1.63. The molecule has 1 saturated carbocycles. The van der Waals surface area contributed by atoms with Gasteiger partial charge in [0.1, 0.15) is 5.41 Å². The van der Waals surface area contributed by atoms with Gasteiger partial charge in [-0.25, -0.2) is 9.37 Å². The molecule has 0 unspecified atom stereocenters. The van der Waals surface area contributed by atoms with E-state index in [0.29, 0.717) is 12.5 Å². The molecule has 24 heavy (non-hydrogen) atoms. The van der Waals surface area contributed by atoms with Gasteiger partial charge in [-0.1, -0.05) is 11.6 Å². The number of hydrogen-bond acceptors (Lipinski definition) is 4. The number of rotatable bonds is 4. The van der Waals surface area contributed by atoms with Gasteiger partial charge < -0.3 is 14.9 Å². The van der Waals surface area contributed by atoms with Crippen molar-refractivity contribution in [3.8, 4) is 0 Å². The Morgan fingerprint density at radius 2 is 2.21 bits per heavy atom. The van der Waals surface area contributed by atoms with Gasteiger partial charge >= 0.3 is 5.97 Å². The first-order chi connectivity index (χ1) is 11.4. The number of carbonyl (C=O) groups is 2. The fraction of sp³-hybridized carbons (Fsp3) is 0.562. The van der Waals surface area contributed by atoms with Gasteiger partial charge in [-0.05, 0) is 24.8 Å². The van der Waals surface area contributed by atoms with Gasteiger partial charge in [0.25, 0.3) is 0 Å². The summed E-state index contributed by atoms with van der Waals surface area (Å²) < 4.78 is 14.1. The summed E-state index contributed by atoms with van der Waals surface area (Å²) in [7, 11) is 0. The van der Waals surface area contributed by atoms with E-state index in [1.54, 1.807) is 9.80 Å². The van der Waals surface area contributed by atoms with Crippen LogP contribution in [0.15, 0.2) is 12.3 Å². The van der Waals surface area contributed by atoms with E-state index in [0.717, 1.165) is 18.9 Å². The minimum atomic E-state index is -1.19. The number of fused-ring (bicyclic) bond motifs is 1. The van der Waals surface area contributed by atoms with E-state index in [4.69, 9.17) is 11.6 Å². The summed E-state index contributed by atoms with van der Waals surface area (Å²) >= 11 is 5.72. The van der Waals surface area contributed by atoms with E-state index in [2.05, 4.69) is 4.98 Å². The summed E-state index contributed by atoms with van der Waals surface area (Å²) in [5.74, 6) is -1.85. The Morgan fingerprint density at radius 3 is 2.79 bits per heavy atom. The maximum atomic E-state index is 14.1. The average molecular weight is 354 g/mol. The van der Waals surface area contributed by atoms with Gasteiger partial charge in [-0.3, -0.25) is 9.59 Å². The maximum absolute atomic E-state index is 14.1. The SMILES string of the molecule is O=C1[C@@H]2CN(c3ncc(Cl)cc3F)C[C@]2(C(=O)O)CN1CC1CC1. The van der Waals surface area contributed by atoms with Crippen molar-refractivity contribution in [3.05, 3.63) is 23.1 Å². The Balaban J connectivity index is 1.62. The number of carboxylic acid groups (broad SMARTS) is 1. The first-order valence-electron chi connectivity index (χ1n) is 7.99. The number of amides is 1. The van der Waals surface area contributed by atoms with Crippen molar-refractivity contribution in [3.63, 3.8) is 0 Å². The van der Waals surface area contributed by atoms with Crippen LogP contribution >= 0.6 is 11.6 Å². The quantitative estimate of drug-likeness (QED) is 0.890. The zero-order valence-corrected chi connectivity index (χ0v) is 13.7. The summed E-state index contributed by atoms with van der Waals surface area (Å²) in [4.78, 5) is 31.9. The molecule has 8 heteroatoms. The standard InChI is InChI=1S/C16H17ClFN3O3/c17-10-3-12(18)13(19-4-10)20-6-11-14(22)21(5-9-1-2-9)8-16(11,7-20)15(23)24/h3-4,9,11H,1-2,5-8H2,(H,23,24)/t11-,16-/m0/s1. The van der Waals surface area contributed by atoms with Crippen molar-refractivity contribution in [2.24, 2.45) is 17.3 Å². The molecule has 0 bridgehead atoms. The molecule has 128 valence electrons. The number of pyridine rings is 1. The van der Waals surface area contributed by atoms with E-state index >= 15 is 0 Å². The molecule has 4 rings (SSSR count). The maximum Gasteiger partial charge on any atom is 0.314 e. The highest BCUT2D eigenvalue weighted by atomic mass is 35.5. The van der Waals surface area contributed by atoms with Gasteiger partial charge in [0.05, 0.1) is 10.9 Å². The molecule has 6 nitrogen and oxygen atoms in total. The Kier molecular flexibility index (Phi) is 3.46. The lowest BCUT2D eigenvalue weighted by atomic mass is 9.81. The Morgan fingerprint density at radius 1 is 1.46 bits per heavy atom. The van der Waals surface area contributed by atoms with E-state index in [1.165, 1.54) is 6.20 Å². The van der Waals surface area contributed by atoms with Crippen LogP contribution in [0.3, 0.4) is 0 Å². The predicted molar refractivity (Wildman–Crippen MR) is 84.3 cm³/mol. The molecule has 0 spiro atoms. The summed E-state index contributed by atoms with van der Waals surface area (Å²) in [5, 5.41) is 9.97. The number of aromatic nitrogens is 1. The molecule has 0 radical (unpaired) electrons. The van der Waals surface area contributed by atoms with Crippen molar-refractivity contribution in [1.29, 1.82) is 0 Å². The third-order valence-corrected chi connectivity index (χ3v) is 5.52. The van der Waals surface area contributed by atoms with Crippen LogP contribution in [0.5, 0.6) is 0 Å². The highest BCUT2D eigenvalue weighted by Crippen LogP contribution is 2.46. The Labute approximate surface area is 143 Å². The summed E-state index contributed by atoms with van der Waals surface area (Å²) in [6.07, 6.45) is 3.52. The topological polar surface area (TPSA) is 73.7 Å².